The van der Waals surface area contributed by atoms with Gasteiger partial charge in [-0.2, -0.15) is 5.26 Å². The predicted molar refractivity (Wildman–Crippen MR) is 166 cm³/mol. The number of fused-ring (bicyclic) bond motifs is 1. The fourth-order valence-corrected chi connectivity index (χ4v) is 6.89. The number of nitrogens with zero attached hydrogens (tertiary/aromatic N) is 5. The van der Waals surface area contributed by atoms with Crippen molar-refractivity contribution < 1.29 is 23.1 Å². The Labute approximate surface area is 260 Å². The largest absolute Gasteiger partial charge is 0.373 e. The van der Waals surface area contributed by atoms with Crippen LogP contribution in [0.5, 0.6) is 0 Å². The van der Waals surface area contributed by atoms with E-state index in [9.17, 15) is 23.6 Å². The van der Waals surface area contributed by atoms with Crippen molar-refractivity contribution in [2.75, 3.05) is 25.0 Å². The summed E-state index contributed by atoms with van der Waals surface area (Å²) in [4.78, 5) is 35.4. The zero-order valence-electron chi connectivity index (χ0n) is 25.4. The number of alkyl halides is 2. The van der Waals surface area contributed by atoms with Crippen molar-refractivity contribution in [1.82, 2.24) is 19.4 Å². The van der Waals surface area contributed by atoms with Gasteiger partial charge in [0.2, 0.25) is 5.95 Å². The molecule has 2 fully saturated rings. The number of hydrogen-bond acceptors (Lipinski definition) is 7. The van der Waals surface area contributed by atoms with Crippen LogP contribution in [0.25, 0.3) is 11.0 Å². The summed E-state index contributed by atoms with van der Waals surface area (Å²) in [6, 6.07) is 10.5. The Morgan fingerprint density at radius 3 is 2.61 bits per heavy atom. The van der Waals surface area contributed by atoms with Crippen molar-refractivity contribution in [2.24, 2.45) is 5.92 Å². The summed E-state index contributed by atoms with van der Waals surface area (Å²) in [6.45, 7) is 11.2. The van der Waals surface area contributed by atoms with Crippen LogP contribution in [0.2, 0.25) is 0 Å². The summed E-state index contributed by atoms with van der Waals surface area (Å²) >= 11 is 0.746. The van der Waals surface area contributed by atoms with E-state index in [0.29, 0.717) is 18.6 Å². The number of hydrogen-bond donors (Lipinski definition) is 1. The number of nitriles is 1. The van der Waals surface area contributed by atoms with Gasteiger partial charge in [-0.15, -0.1) is 11.3 Å². The number of allylic oxidation sites excluding steroid dienone is 1. The van der Waals surface area contributed by atoms with E-state index in [2.05, 4.69) is 30.1 Å². The van der Waals surface area contributed by atoms with Crippen molar-refractivity contribution in [3.8, 4) is 6.07 Å². The van der Waals surface area contributed by atoms with Gasteiger partial charge < -0.3 is 14.2 Å². The van der Waals surface area contributed by atoms with Crippen molar-refractivity contribution in [3.05, 3.63) is 57.3 Å². The van der Waals surface area contributed by atoms with E-state index in [1.165, 1.54) is 12.1 Å². The van der Waals surface area contributed by atoms with Gasteiger partial charge in [0.05, 0.1) is 39.0 Å². The van der Waals surface area contributed by atoms with E-state index in [0.717, 1.165) is 54.9 Å². The molecule has 2 amide bonds. The highest BCUT2D eigenvalue weighted by Crippen LogP contribution is 2.30. The predicted octanol–water partition coefficient (Wildman–Crippen LogP) is 5.99. The molecule has 0 radical (unpaired) electrons. The van der Waals surface area contributed by atoms with E-state index >= 15 is 0 Å². The number of imidazole rings is 1. The first kappa shape index (κ1) is 31.8. The second kappa shape index (κ2) is 13.5. The lowest BCUT2D eigenvalue weighted by molar-refractivity contribution is -0.127. The second-order valence-corrected chi connectivity index (χ2v) is 13.1. The molecule has 1 N–H and O–H groups in total. The summed E-state index contributed by atoms with van der Waals surface area (Å²) in [5.41, 5.74) is 2.65. The Morgan fingerprint density at radius 1 is 1.20 bits per heavy atom. The number of aromatic nitrogens is 2. The van der Waals surface area contributed by atoms with E-state index in [1.807, 2.05) is 36.6 Å². The summed E-state index contributed by atoms with van der Waals surface area (Å²) < 4.78 is 34.2. The maximum absolute atomic E-state index is 13.4. The smallest absolute Gasteiger partial charge is 0.272 e. The average Bonchev–Trinajstić information content (AvgIpc) is 3.70. The molecule has 234 valence electrons. The average molecular weight is 625 g/mol. The minimum Gasteiger partial charge on any atom is -0.373 e. The third kappa shape index (κ3) is 7.17. The molecule has 12 heteroatoms. The molecule has 0 bridgehead atoms. The summed E-state index contributed by atoms with van der Waals surface area (Å²) in [5, 5.41) is 12.5. The minimum absolute atomic E-state index is 0.0509. The molecule has 2 aromatic heterocycles. The number of anilines is 1. The third-order valence-corrected chi connectivity index (χ3v) is 8.98. The number of benzene rings is 1. The van der Waals surface area contributed by atoms with Crippen LogP contribution in [-0.4, -0.2) is 69.0 Å². The van der Waals surface area contributed by atoms with Crippen molar-refractivity contribution in [2.45, 2.75) is 78.3 Å². The molecule has 2 saturated heterocycles. The van der Waals surface area contributed by atoms with E-state index in [-0.39, 0.29) is 51.4 Å². The van der Waals surface area contributed by atoms with Gasteiger partial charge in [0.1, 0.15) is 11.6 Å². The highest BCUT2D eigenvalue weighted by molar-refractivity contribution is 7.14. The Bertz CT molecular complexity index is 1580. The van der Waals surface area contributed by atoms with Crippen LogP contribution >= 0.6 is 11.3 Å². The van der Waals surface area contributed by atoms with Gasteiger partial charge in [-0.05, 0) is 62.4 Å². The lowest BCUT2D eigenvalue weighted by atomic mass is 10.1. The number of likely N-dealkylation sites (tertiary alicyclic amines) is 1. The van der Waals surface area contributed by atoms with Crippen molar-refractivity contribution >= 4 is 40.1 Å². The number of carbonyl (C=O) groups excluding carboxylic acids is 2. The fraction of sp³-hybridized carbons (Fsp3) is 0.500. The SMILES string of the molecule is CC(C)/C=C(\C#N)C(=O)N1CCC[C@@H]1Cn1c(NC(=O)c2ccc(C(F)F)s2)nc2cc(CN3CC(C)OC(C)C3)ccc21. The zero-order chi connectivity index (χ0) is 31.5. The molecular formula is C32H38F2N6O3S. The number of ether oxygens (including phenoxy) is 1. The van der Waals surface area contributed by atoms with Gasteiger partial charge in [0.25, 0.3) is 18.2 Å². The second-order valence-electron chi connectivity index (χ2n) is 12.0. The van der Waals surface area contributed by atoms with Crippen molar-refractivity contribution in [3.63, 3.8) is 0 Å². The molecule has 44 heavy (non-hydrogen) atoms. The van der Waals surface area contributed by atoms with Gasteiger partial charge in [0.15, 0.2) is 0 Å². The van der Waals surface area contributed by atoms with Gasteiger partial charge in [-0.25, -0.2) is 13.8 Å². The number of amides is 2. The number of morpholine rings is 1. The normalized spacial score (nSPS) is 21.4. The molecule has 0 aliphatic carbocycles. The van der Waals surface area contributed by atoms with Crippen LogP contribution in [0.3, 0.4) is 0 Å². The number of thiophene rings is 1. The Morgan fingerprint density at radius 2 is 1.95 bits per heavy atom. The maximum Gasteiger partial charge on any atom is 0.272 e. The van der Waals surface area contributed by atoms with E-state index in [1.54, 1.807) is 11.0 Å². The van der Waals surface area contributed by atoms with E-state index in [4.69, 9.17) is 9.72 Å². The summed E-state index contributed by atoms with van der Waals surface area (Å²) in [7, 11) is 0. The lowest BCUT2D eigenvalue weighted by Gasteiger charge is -2.35. The van der Waals surface area contributed by atoms with Crippen LogP contribution in [-0.2, 0) is 22.6 Å². The highest BCUT2D eigenvalue weighted by atomic mass is 32.1. The lowest BCUT2D eigenvalue weighted by Crippen LogP contribution is -2.44. The first-order valence-electron chi connectivity index (χ1n) is 15.0. The molecule has 2 aliphatic rings. The maximum atomic E-state index is 13.4. The molecule has 9 nitrogen and oxygen atoms in total. The van der Waals surface area contributed by atoms with Gasteiger partial charge in [0, 0.05) is 32.7 Å². The number of halogens is 2. The van der Waals surface area contributed by atoms with Crippen LogP contribution in [0.1, 0.15) is 67.1 Å². The molecule has 0 saturated carbocycles. The monoisotopic (exact) mass is 624 g/mol. The Kier molecular flexibility index (Phi) is 9.78. The fourth-order valence-electron chi connectivity index (χ4n) is 6.13. The molecule has 4 heterocycles. The minimum atomic E-state index is -2.66. The van der Waals surface area contributed by atoms with Crippen LogP contribution in [0, 0.1) is 17.2 Å². The number of nitrogens with one attached hydrogen (secondary N) is 1. The Hall–Kier alpha value is -3.66. The van der Waals surface area contributed by atoms with Gasteiger partial charge in [-0.1, -0.05) is 26.0 Å². The third-order valence-electron chi connectivity index (χ3n) is 7.89. The van der Waals surface area contributed by atoms with Crippen LogP contribution in [0.15, 0.2) is 42.0 Å². The summed E-state index contributed by atoms with van der Waals surface area (Å²) in [5.74, 6) is -0.496. The number of rotatable bonds is 9. The molecule has 5 rings (SSSR count). The Balaban J connectivity index is 1.46. The number of carbonyl (C=O) groups is 2. The summed E-state index contributed by atoms with van der Waals surface area (Å²) in [6.07, 6.45) is 0.823. The molecule has 3 atom stereocenters. The molecule has 1 aromatic carbocycles. The topological polar surface area (TPSA) is 103 Å². The first-order valence-corrected chi connectivity index (χ1v) is 15.8. The molecule has 0 spiro atoms. The van der Waals surface area contributed by atoms with Gasteiger partial charge >= 0.3 is 0 Å². The van der Waals surface area contributed by atoms with Crippen molar-refractivity contribution in [1.29, 1.82) is 5.26 Å². The van der Waals surface area contributed by atoms with Gasteiger partial charge in [-0.3, -0.25) is 19.8 Å². The van der Waals surface area contributed by atoms with Crippen LogP contribution in [0.4, 0.5) is 14.7 Å². The molecule has 2 aliphatic heterocycles. The van der Waals surface area contributed by atoms with Crippen LogP contribution < -0.4 is 5.32 Å². The molecular weight excluding hydrogens is 586 g/mol. The standard InChI is InChI=1S/C32H38F2N6O3S/c1-19(2)12-23(14-35)31(42)39-11-5-6-24(39)18-40-26-8-7-22(17-38-15-20(3)43-21(4)16-38)13-25(26)36-32(40)37-30(41)28-10-9-27(44-28)29(33)34/h7-10,12-13,19-21,24,29H,5-6,11,15-18H2,1-4H3,(H,36,37,41)/b23-12+/t20?,21?,24-/m1/s1. The quantitative estimate of drug-likeness (QED) is 0.232. The highest BCUT2D eigenvalue weighted by Gasteiger charge is 2.32. The molecule has 3 aromatic rings. The van der Waals surface area contributed by atoms with E-state index < -0.39 is 12.3 Å². The molecule has 2 unspecified atom stereocenters. The zero-order valence-corrected chi connectivity index (χ0v) is 26.2. The first-order chi connectivity index (χ1) is 21.0.